The number of hydrogen-bond acceptors (Lipinski definition) is 3. The molecule has 2 heterocycles. The smallest absolute Gasteiger partial charge is 0.0991 e. The second-order valence-corrected chi connectivity index (χ2v) is 7.22. The van der Waals surface area contributed by atoms with Gasteiger partial charge in [0.1, 0.15) is 0 Å². The molecule has 2 aliphatic rings. The van der Waals surface area contributed by atoms with Crippen LogP contribution in [0.25, 0.3) is 0 Å². The summed E-state index contributed by atoms with van der Waals surface area (Å²) in [4.78, 5) is 5.11. The Hall–Kier alpha value is -2.15. The molecule has 0 spiro atoms. The van der Waals surface area contributed by atoms with E-state index >= 15 is 0 Å². The number of hydrogen-bond donors (Lipinski definition) is 0. The van der Waals surface area contributed by atoms with E-state index in [0.717, 1.165) is 30.5 Å². The summed E-state index contributed by atoms with van der Waals surface area (Å²) in [5.74, 6) is 1.48. The predicted molar refractivity (Wildman–Crippen MR) is 95.2 cm³/mol. The van der Waals surface area contributed by atoms with Gasteiger partial charge in [-0.3, -0.25) is 9.80 Å². The molecule has 2 aromatic rings. The van der Waals surface area contributed by atoms with Crippen LogP contribution in [-0.2, 0) is 6.54 Å². The number of likely N-dealkylation sites (tertiary alicyclic amines) is 2. The van der Waals surface area contributed by atoms with E-state index in [1.807, 2.05) is 12.1 Å². The van der Waals surface area contributed by atoms with Crippen molar-refractivity contribution in [3.63, 3.8) is 0 Å². The number of rotatable bonds is 3. The monoisotopic (exact) mass is 317 g/mol. The highest BCUT2D eigenvalue weighted by Crippen LogP contribution is 2.44. The van der Waals surface area contributed by atoms with Gasteiger partial charge in [0.2, 0.25) is 0 Å². The Labute approximate surface area is 144 Å². The summed E-state index contributed by atoms with van der Waals surface area (Å²) in [6.07, 6.45) is 0. The molecule has 24 heavy (non-hydrogen) atoms. The molecule has 2 aliphatic heterocycles. The minimum atomic E-state index is 0.544. The second kappa shape index (κ2) is 6.39. The normalized spacial score (nSPS) is 27.1. The Bertz CT molecular complexity index is 732. The van der Waals surface area contributed by atoms with Crippen LogP contribution in [0, 0.1) is 23.2 Å². The van der Waals surface area contributed by atoms with E-state index in [1.165, 1.54) is 24.2 Å². The van der Waals surface area contributed by atoms with Gasteiger partial charge in [-0.2, -0.15) is 5.26 Å². The summed E-state index contributed by atoms with van der Waals surface area (Å²) in [5.41, 5.74) is 3.49. The van der Waals surface area contributed by atoms with Gasteiger partial charge in [-0.05, 0) is 42.1 Å². The van der Waals surface area contributed by atoms with Crippen molar-refractivity contribution in [1.29, 1.82) is 5.26 Å². The molecule has 3 nitrogen and oxygen atoms in total. The zero-order valence-corrected chi connectivity index (χ0v) is 14.1. The first-order valence-corrected chi connectivity index (χ1v) is 8.71. The Morgan fingerprint density at radius 2 is 1.75 bits per heavy atom. The molecule has 2 saturated heterocycles. The van der Waals surface area contributed by atoms with Gasteiger partial charge in [0.15, 0.2) is 0 Å². The quantitative estimate of drug-likeness (QED) is 0.870. The van der Waals surface area contributed by atoms with Gasteiger partial charge >= 0.3 is 0 Å². The SMILES string of the molecule is CN1C[C@H]2CN(Cc3ccc(C#N)cc3)C[C@H]2[C@@H]1c1ccccc1. The van der Waals surface area contributed by atoms with Gasteiger partial charge in [0.25, 0.3) is 0 Å². The molecule has 4 rings (SSSR count). The molecular formula is C21H23N3. The Kier molecular flexibility index (Phi) is 4.10. The Balaban J connectivity index is 1.47. The molecule has 3 heteroatoms. The van der Waals surface area contributed by atoms with Crippen molar-refractivity contribution < 1.29 is 0 Å². The summed E-state index contributed by atoms with van der Waals surface area (Å²) in [7, 11) is 2.26. The lowest BCUT2D eigenvalue weighted by molar-refractivity contribution is 0.224. The fourth-order valence-electron chi connectivity index (χ4n) is 4.57. The molecule has 122 valence electrons. The van der Waals surface area contributed by atoms with E-state index < -0.39 is 0 Å². The Morgan fingerprint density at radius 1 is 1.00 bits per heavy atom. The lowest BCUT2D eigenvalue weighted by Crippen LogP contribution is -2.28. The molecular weight excluding hydrogens is 294 g/mol. The summed E-state index contributed by atoms with van der Waals surface area (Å²) in [6, 6.07) is 21.7. The molecule has 0 aliphatic carbocycles. The van der Waals surface area contributed by atoms with E-state index in [2.05, 4.69) is 65.4 Å². The van der Waals surface area contributed by atoms with Crippen LogP contribution < -0.4 is 0 Å². The number of nitriles is 1. The third-order valence-corrected chi connectivity index (χ3v) is 5.60. The molecule has 0 bridgehead atoms. The highest BCUT2D eigenvalue weighted by molar-refractivity contribution is 5.31. The fourth-order valence-corrected chi connectivity index (χ4v) is 4.57. The van der Waals surface area contributed by atoms with Gasteiger partial charge in [0, 0.05) is 32.2 Å². The molecule has 2 fully saturated rings. The zero-order chi connectivity index (χ0) is 16.5. The average Bonchev–Trinajstić information content (AvgIpc) is 3.12. The van der Waals surface area contributed by atoms with Gasteiger partial charge in [0.05, 0.1) is 11.6 Å². The fraction of sp³-hybridized carbons (Fsp3) is 0.381. The number of nitrogens with zero attached hydrogens (tertiary/aromatic N) is 3. The van der Waals surface area contributed by atoms with Crippen LogP contribution in [0.5, 0.6) is 0 Å². The van der Waals surface area contributed by atoms with Crippen LogP contribution in [-0.4, -0.2) is 36.5 Å². The van der Waals surface area contributed by atoms with Gasteiger partial charge in [-0.15, -0.1) is 0 Å². The average molecular weight is 317 g/mol. The first-order chi connectivity index (χ1) is 11.7. The van der Waals surface area contributed by atoms with E-state index in [4.69, 9.17) is 5.26 Å². The van der Waals surface area contributed by atoms with Gasteiger partial charge in [-0.1, -0.05) is 42.5 Å². The number of benzene rings is 2. The van der Waals surface area contributed by atoms with Crippen molar-refractivity contribution in [3.8, 4) is 6.07 Å². The lowest BCUT2D eigenvalue weighted by atomic mass is 9.90. The standard InChI is InChI=1S/C21H23N3/c1-23-13-19-14-24(12-17-9-7-16(11-22)8-10-17)15-20(19)21(23)18-5-3-2-4-6-18/h2-10,19-21H,12-15H2,1H3/t19-,20+,21-/m0/s1. The highest BCUT2D eigenvalue weighted by Gasteiger charge is 2.45. The molecule has 0 unspecified atom stereocenters. The summed E-state index contributed by atoms with van der Waals surface area (Å²) in [5, 5.41) is 8.92. The maximum absolute atomic E-state index is 8.92. The van der Waals surface area contributed by atoms with Gasteiger partial charge < -0.3 is 0 Å². The van der Waals surface area contributed by atoms with Crippen molar-refractivity contribution >= 4 is 0 Å². The van der Waals surface area contributed by atoms with Crippen LogP contribution in [0.3, 0.4) is 0 Å². The summed E-state index contributed by atoms with van der Waals surface area (Å²) < 4.78 is 0. The van der Waals surface area contributed by atoms with E-state index in [1.54, 1.807) is 0 Å². The molecule has 0 aromatic heterocycles. The second-order valence-electron chi connectivity index (χ2n) is 7.22. The molecule has 3 atom stereocenters. The predicted octanol–water partition coefficient (Wildman–Crippen LogP) is 3.29. The first kappa shape index (κ1) is 15.4. The van der Waals surface area contributed by atoms with Crippen LogP contribution in [0.1, 0.15) is 22.7 Å². The third-order valence-electron chi connectivity index (χ3n) is 5.60. The van der Waals surface area contributed by atoms with Crippen molar-refractivity contribution in [2.24, 2.45) is 11.8 Å². The molecule has 0 amide bonds. The summed E-state index contributed by atoms with van der Waals surface area (Å²) >= 11 is 0. The van der Waals surface area contributed by atoms with Crippen molar-refractivity contribution in [2.45, 2.75) is 12.6 Å². The minimum absolute atomic E-state index is 0.544. The first-order valence-electron chi connectivity index (χ1n) is 8.71. The third kappa shape index (κ3) is 2.84. The van der Waals surface area contributed by atoms with Gasteiger partial charge in [-0.25, -0.2) is 0 Å². The van der Waals surface area contributed by atoms with Crippen molar-refractivity contribution in [2.75, 3.05) is 26.7 Å². The van der Waals surface area contributed by atoms with Crippen molar-refractivity contribution in [1.82, 2.24) is 9.80 Å². The maximum atomic E-state index is 8.92. The van der Waals surface area contributed by atoms with Crippen LogP contribution in [0.15, 0.2) is 54.6 Å². The van der Waals surface area contributed by atoms with Crippen LogP contribution in [0.4, 0.5) is 0 Å². The number of fused-ring (bicyclic) bond motifs is 1. The largest absolute Gasteiger partial charge is 0.299 e. The lowest BCUT2D eigenvalue weighted by Gasteiger charge is -2.26. The highest BCUT2D eigenvalue weighted by atomic mass is 15.2. The van der Waals surface area contributed by atoms with E-state index in [0.29, 0.717) is 6.04 Å². The molecule has 2 aromatic carbocycles. The maximum Gasteiger partial charge on any atom is 0.0991 e. The van der Waals surface area contributed by atoms with Crippen molar-refractivity contribution in [3.05, 3.63) is 71.3 Å². The van der Waals surface area contributed by atoms with Crippen LogP contribution in [0.2, 0.25) is 0 Å². The zero-order valence-electron chi connectivity index (χ0n) is 14.1. The van der Waals surface area contributed by atoms with Crippen LogP contribution >= 0.6 is 0 Å². The summed E-state index contributed by atoms with van der Waals surface area (Å²) in [6.45, 7) is 4.52. The van der Waals surface area contributed by atoms with E-state index in [-0.39, 0.29) is 0 Å². The van der Waals surface area contributed by atoms with E-state index in [9.17, 15) is 0 Å². The minimum Gasteiger partial charge on any atom is -0.299 e. The topological polar surface area (TPSA) is 30.3 Å². The Morgan fingerprint density at radius 3 is 2.46 bits per heavy atom. The molecule has 0 radical (unpaired) electrons. The molecule has 0 N–H and O–H groups in total. The molecule has 0 saturated carbocycles.